The van der Waals surface area contributed by atoms with E-state index < -0.39 is 0 Å². The van der Waals surface area contributed by atoms with E-state index >= 15 is 0 Å². The first kappa shape index (κ1) is 31.8. The van der Waals surface area contributed by atoms with Crippen LogP contribution in [0.25, 0.3) is 21.1 Å². The van der Waals surface area contributed by atoms with Gasteiger partial charge in [0.1, 0.15) is 21.7 Å². The number of nitrogens with two attached hydrogens (primary N) is 1. The third-order valence-corrected chi connectivity index (χ3v) is 8.52. The molecule has 0 unspecified atom stereocenters. The van der Waals surface area contributed by atoms with Crippen LogP contribution in [0.15, 0.2) is 35.5 Å². The third-order valence-electron chi connectivity index (χ3n) is 6.72. The smallest absolute Gasteiger partial charge is 0.225 e. The highest BCUT2D eigenvalue weighted by molar-refractivity contribution is 7.13. The van der Waals surface area contributed by atoms with Crippen LogP contribution in [0.5, 0.6) is 0 Å². The molecule has 6 rings (SSSR count). The SMILES string of the molecule is C.C.CC(=O)Nc1csc(-c2cnc(N3CCC[C@@H]3C)nc2)n1.C[C@H]1CCCN1c1ncc(-c2nc(N)cs2)cn1. The lowest BCUT2D eigenvalue weighted by Crippen LogP contribution is -2.28. The van der Waals surface area contributed by atoms with Gasteiger partial charge < -0.3 is 20.9 Å². The quantitative estimate of drug-likeness (QED) is 0.282. The molecule has 0 aliphatic carbocycles. The molecule has 2 fully saturated rings. The minimum absolute atomic E-state index is 0. The number of hydrogen-bond donors (Lipinski definition) is 2. The Morgan fingerprint density at radius 1 is 0.829 bits per heavy atom. The average molecular weight is 597 g/mol. The number of anilines is 4. The van der Waals surface area contributed by atoms with Gasteiger partial charge >= 0.3 is 0 Å². The highest BCUT2D eigenvalue weighted by Gasteiger charge is 2.23. The lowest BCUT2D eigenvalue weighted by atomic mass is 10.2. The van der Waals surface area contributed by atoms with E-state index in [4.69, 9.17) is 5.73 Å². The van der Waals surface area contributed by atoms with Crippen molar-refractivity contribution >= 4 is 52.1 Å². The molecule has 0 radical (unpaired) electrons. The summed E-state index contributed by atoms with van der Waals surface area (Å²) < 4.78 is 0. The monoisotopic (exact) mass is 596 g/mol. The summed E-state index contributed by atoms with van der Waals surface area (Å²) in [6, 6.07) is 1.04. The predicted octanol–water partition coefficient (Wildman–Crippen LogP) is 5.99. The van der Waals surface area contributed by atoms with Gasteiger partial charge in [0, 0.05) is 78.8 Å². The highest BCUT2D eigenvalue weighted by Crippen LogP contribution is 2.28. The summed E-state index contributed by atoms with van der Waals surface area (Å²) in [5.41, 5.74) is 7.41. The number of nitrogens with one attached hydrogen (secondary N) is 1. The Balaban J connectivity index is 0.000000217. The number of carbonyl (C=O) groups is 1. The van der Waals surface area contributed by atoms with Crippen LogP contribution < -0.4 is 20.9 Å². The molecular formula is C28H40N10OS2. The molecular weight excluding hydrogens is 557 g/mol. The molecule has 2 saturated heterocycles. The molecule has 6 heterocycles. The van der Waals surface area contributed by atoms with Crippen LogP contribution in [-0.2, 0) is 4.79 Å². The van der Waals surface area contributed by atoms with Gasteiger partial charge in [-0.05, 0) is 39.5 Å². The normalized spacial score (nSPS) is 17.7. The van der Waals surface area contributed by atoms with Crippen molar-refractivity contribution in [3.8, 4) is 21.1 Å². The number of rotatable bonds is 5. The Hall–Kier alpha value is -3.71. The number of thiazole rings is 2. The van der Waals surface area contributed by atoms with Gasteiger partial charge in [-0.3, -0.25) is 4.79 Å². The molecule has 41 heavy (non-hydrogen) atoms. The standard InChI is InChI=1S/C14H17N5OS.C12H15N5S.2CH4/c1-9-4-3-5-19(9)14-15-6-11(7-16-14)13-18-12(8-21-13)17-10(2)20;1-8-3-2-4-17(8)12-14-5-9(6-15-12)11-16-10(13)7-18-11;;/h6-9H,3-5H2,1-2H3,(H,17,20);5-8H,2-4,13H2,1H3;2*1H4/t9-;8-;;/m00../s1. The van der Waals surface area contributed by atoms with Gasteiger partial charge in [0.05, 0.1) is 0 Å². The summed E-state index contributed by atoms with van der Waals surface area (Å²) in [7, 11) is 0. The minimum Gasteiger partial charge on any atom is -0.383 e. The molecule has 0 saturated carbocycles. The fourth-order valence-corrected chi connectivity index (χ4v) is 6.10. The first-order chi connectivity index (χ1) is 18.9. The molecule has 0 spiro atoms. The molecule has 3 N–H and O–H groups in total. The van der Waals surface area contributed by atoms with Crippen molar-refractivity contribution in [2.75, 3.05) is 33.9 Å². The van der Waals surface area contributed by atoms with Crippen molar-refractivity contribution in [1.82, 2.24) is 29.9 Å². The van der Waals surface area contributed by atoms with E-state index in [1.54, 1.807) is 12.4 Å². The molecule has 220 valence electrons. The van der Waals surface area contributed by atoms with Crippen molar-refractivity contribution < 1.29 is 4.79 Å². The van der Waals surface area contributed by atoms with E-state index in [0.29, 0.717) is 23.7 Å². The number of nitrogen functional groups attached to an aromatic ring is 1. The van der Waals surface area contributed by atoms with Gasteiger partial charge in [0.2, 0.25) is 17.8 Å². The number of hydrogen-bond acceptors (Lipinski definition) is 12. The number of amides is 1. The second-order valence-corrected chi connectivity index (χ2v) is 11.4. The fourth-order valence-electron chi connectivity index (χ4n) is 4.68. The van der Waals surface area contributed by atoms with Crippen molar-refractivity contribution in [2.24, 2.45) is 0 Å². The maximum atomic E-state index is 11.0. The molecule has 4 aromatic heterocycles. The Morgan fingerprint density at radius 3 is 1.68 bits per heavy atom. The summed E-state index contributed by atoms with van der Waals surface area (Å²) in [5, 5.41) is 7.98. The molecule has 11 nitrogen and oxygen atoms in total. The van der Waals surface area contributed by atoms with Gasteiger partial charge in [-0.25, -0.2) is 29.9 Å². The summed E-state index contributed by atoms with van der Waals surface area (Å²) in [5.74, 6) is 2.59. The molecule has 1 amide bonds. The van der Waals surface area contributed by atoms with Crippen LogP contribution in [0.3, 0.4) is 0 Å². The number of nitrogens with zero attached hydrogens (tertiary/aromatic N) is 8. The van der Waals surface area contributed by atoms with E-state index in [1.165, 1.54) is 55.3 Å². The van der Waals surface area contributed by atoms with E-state index in [9.17, 15) is 4.79 Å². The molecule has 2 atom stereocenters. The Bertz CT molecular complexity index is 1390. The lowest BCUT2D eigenvalue weighted by Gasteiger charge is -2.20. The maximum Gasteiger partial charge on any atom is 0.225 e. The van der Waals surface area contributed by atoms with Crippen molar-refractivity contribution in [3.05, 3.63) is 35.5 Å². The summed E-state index contributed by atoms with van der Waals surface area (Å²) in [4.78, 5) is 41.8. The maximum absolute atomic E-state index is 11.0. The summed E-state index contributed by atoms with van der Waals surface area (Å²) in [6.07, 6.45) is 12.1. The van der Waals surface area contributed by atoms with E-state index in [0.717, 1.165) is 46.1 Å². The molecule has 2 aliphatic rings. The van der Waals surface area contributed by atoms with Crippen LogP contribution >= 0.6 is 22.7 Å². The van der Waals surface area contributed by atoms with Gasteiger partial charge in [-0.15, -0.1) is 22.7 Å². The topological polar surface area (TPSA) is 139 Å². The average Bonchev–Trinajstić information content (AvgIpc) is 3.74. The lowest BCUT2D eigenvalue weighted by molar-refractivity contribution is -0.114. The third kappa shape index (κ3) is 7.73. The summed E-state index contributed by atoms with van der Waals surface area (Å²) >= 11 is 2.98. The van der Waals surface area contributed by atoms with Crippen LogP contribution in [0.2, 0.25) is 0 Å². The van der Waals surface area contributed by atoms with Crippen molar-refractivity contribution in [3.63, 3.8) is 0 Å². The molecule has 0 bridgehead atoms. The van der Waals surface area contributed by atoms with Gasteiger partial charge in [0.15, 0.2) is 0 Å². The van der Waals surface area contributed by atoms with Gasteiger partial charge in [0.25, 0.3) is 0 Å². The zero-order valence-corrected chi connectivity index (χ0v) is 23.9. The second-order valence-electron chi connectivity index (χ2n) is 9.71. The molecule has 4 aromatic rings. The molecule has 2 aliphatic heterocycles. The Labute approximate surface area is 250 Å². The fraction of sp³-hybridized carbons (Fsp3) is 0.464. The van der Waals surface area contributed by atoms with Crippen molar-refractivity contribution in [1.29, 1.82) is 0 Å². The van der Waals surface area contributed by atoms with E-state index in [2.05, 4.69) is 58.9 Å². The molecule has 13 heteroatoms. The highest BCUT2D eigenvalue weighted by atomic mass is 32.1. The van der Waals surface area contributed by atoms with Gasteiger partial charge in [-0.2, -0.15) is 0 Å². The second kappa shape index (κ2) is 14.3. The van der Waals surface area contributed by atoms with Gasteiger partial charge in [-0.1, -0.05) is 14.9 Å². The first-order valence-corrected chi connectivity index (χ1v) is 14.8. The largest absolute Gasteiger partial charge is 0.383 e. The first-order valence-electron chi connectivity index (χ1n) is 13.0. The van der Waals surface area contributed by atoms with Crippen molar-refractivity contribution in [2.45, 2.75) is 73.4 Å². The molecule has 0 aromatic carbocycles. The van der Waals surface area contributed by atoms with Crippen LogP contribution in [-0.4, -0.2) is 61.0 Å². The van der Waals surface area contributed by atoms with Crippen LogP contribution in [0.4, 0.5) is 23.5 Å². The van der Waals surface area contributed by atoms with E-state index in [-0.39, 0.29) is 20.8 Å². The summed E-state index contributed by atoms with van der Waals surface area (Å²) in [6.45, 7) is 7.94. The number of aromatic nitrogens is 6. The minimum atomic E-state index is -0.124. The zero-order valence-electron chi connectivity index (χ0n) is 22.2. The zero-order chi connectivity index (χ0) is 27.4. The van der Waals surface area contributed by atoms with Crippen LogP contribution in [0, 0.1) is 0 Å². The van der Waals surface area contributed by atoms with Crippen LogP contribution in [0.1, 0.15) is 61.3 Å². The van der Waals surface area contributed by atoms with E-state index in [1.807, 2.05) is 23.2 Å². The Kier molecular flexibility index (Phi) is 11.1. The number of carbonyl (C=O) groups excluding carboxylic acids is 1. The Morgan fingerprint density at radius 2 is 1.29 bits per heavy atom. The predicted molar refractivity (Wildman–Crippen MR) is 171 cm³/mol.